The first-order valence-electron chi connectivity index (χ1n) is 14.3. The van der Waals surface area contributed by atoms with Crippen LogP contribution in [0.1, 0.15) is 129 Å². The molecule has 0 bridgehead atoms. The molecule has 2 atom stereocenters. The summed E-state index contributed by atoms with van der Waals surface area (Å²) < 4.78 is 22.5. The number of likely N-dealkylation sites (N-methyl/N-ethyl adjacent to an activating group) is 1. The van der Waals surface area contributed by atoms with Crippen molar-refractivity contribution in [2.45, 2.75) is 135 Å². The van der Waals surface area contributed by atoms with E-state index in [1.54, 1.807) is 0 Å². The molecule has 6 nitrogen and oxygen atoms in total. The molecule has 0 saturated carbocycles. The zero-order valence-electron chi connectivity index (χ0n) is 23.1. The van der Waals surface area contributed by atoms with Gasteiger partial charge in [0.25, 0.3) is 7.82 Å². The second-order valence-electron chi connectivity index (χ2n) is 11.0. The fourth-order valence-corrected chi connectivity index (χ4v) is 4.99. The van der Waals surface area contributed by atoms with Crippen LogP contribution in [0.15, 0.2) is 0 Å². The van der Waals surface area contributed by atoms with E-state index in [0.717, 1.165) is 19.3 Å². The maximum absolute atomic E-state index is 11.9. The van der Waals surface area contributed by atoms with Crippen molar-refractivity contribution in [1.29, 1.82) is 0 Å². The summed E-state index contributed by atoms with van der Waals surface area (Å²) in [6, 6.07) is 0. The summed E-state index contributed by atoms with van der Waals surface area (Å²) in [7, 11) is 1.54. The monoisotopic (exact) mass is 507 g/mol. The lowest BCUT2D eigenvalue weighted by Crippen LogP contribution is -2.37. The van der Waals surface area contributed by atoms with E-state index in [-0.39, 0.29) is 13.2 Å². The van der Waals surface area contributed by atoms with Crippen LogP contribution in [0, 0.1) is 0 Å². The number of aliphatic hydroxyl groups is 1. The SMILES string of the molecule is CCCCCCCCCCCCCCCCCCCCC(CO)OP(=O)([O-])OCC[N+](C)(C)C. The van der Waals surface area contributed by atoms with Gasteiger partial charge in [0.05, 0.1) is 33.9 Å². The highest BCUT2D eigenvalue weighted by molar-refractivity contribution is 7.45. The third-order valence-corrected chi connectivity index (χ3v) is 7.43. The fraction of sp³-hybridized carbons (Fsp3) is 1.00. The number of nitrogens with zero attached hydrogens (tertiary/aromatic N) is 1. The number of quaternary nitrogens is 1. The quantitative estimate of drug-likeness (QED) is 0.0775. The molecule has 0 fully saturated rings. The van der Waals surface area contributed by atoms with Gasteiger partial charge in [-0.1, -0.05) is 122 Å². The van der Waals surface area contributed by atoms with E-state index in [2.05, 4.69) is 6.92 Å². The lowest BCUT2D eigenvalue weighted by Gasteiger charge is -2.29. The number of phosphoric ester groups is 1. The van der Waals surface area contributed by atoms with Crippen molar-refractivity contribution in [2.24, 2.45) is 0 Å². The minimum absolute atomic E-state index is 0.0849. The van der Waals surface area contributed by atoms with Crippen LogP contribution in [-0.2, 0) is 13.6 Å². The third-order valence-electron chi connectivity index (χ3n) is 6.37. The summed E-state index contributed by atoms with van der Waals surface area (Å²) in [5.41, 5.74) is 0. The largest absolute Gasteiger partial charge is 0.756 e. The first-order chi connectivity index (χ1) is 16.2. The first-order valence-corrected chi connectivity index (χ1v) is 15.7. The van der Waals surface area contributed by atoms with E-state index in [1.807, 2.05) is 21.1 Å². The lowest BCUT2D eigenvalue weighted by atomic mass is 10.0. The summed E-state index contributed by atoms with van der Waals surface area (Å²) >= 11 is 0. The highest BCUT2D eigenvalue weighted by Gasteiger charge is 2.19. The molecule has 2 unspecified atom stereocenters. The molecule has 0 amide bonds. The fourth-order valence-electron chi connectivity index (χ4n) is 4.09. The third kappa shape index (κ3) is 25.1. The van der Waals surface area contributed by atoms with Gasteiger partial charge in [0, 0.05) is 0 Å². The molecule has 0 aliphatic rings. The number of aliphatic hydroxyl groups excluding tert-OH is 1. The Balaban J connectivity index is 3.49. The predicted molar refractivity (Wildman–Crippen MR) is 142 cm³/mol. The Kier molecular flexibility index (Phi) is 22.3. The van der Waals surface area contributed by atoms with Crippen LogP contribution in [0.3, 0.4) is 0 Å². The maximum Gasteiger partial charge on any atom is 0.268 e. The molecule has 1 N–H and O–H groups in total. The molecular weight excluding hydrogens is 449 g/mol. The smallest absolute Gasteiger partial charge is 0.268 e. The summed E-state index contributed by atoms with van der Waals surface area (Å²) in [5.74, 6) is 0. The van der Waals surface area contributed by atoms with Crippen molar-refractivity contribution >= 4 is 7.82 Å². The number of hydrogen-bond acceptors (Lipinski definition) is 5. The number of rotatable bonds is 26. The van der Waals surface area contributed by atoms with E-state index >= 15 is 0 Å². The Morgan fingerprint density at radius 1 is 0.735 bits per heavy atom. The molecule has 0 aromatic rings. The lowest BCUT2D eigenvalue weighted by molar-refractivity contribution is -0.870. The number of unbranched alkanes of at least 4 members (excludes halogenated alkanes) is 17. The van der Waals surface area contributed by atoms with E-state index in [1.165, 1.54) is 96.3 Å². The van der Waals surface area contributed by atoms with E-state index < -0.39 is 13.9 Å². The molecule has 0 saturated heterocycles. The van der Waals surface area contributed by atoms with Crippen LogP contribution >= 0.6 is 7.82 Å². The standard InChI is InChI=1S/C27H58NO5P/c1-5-6-7-8-9-10-11-12-13-14-15-16-17-18-19-20-21-22-23-27(26-29)33-34(30,31)32-25-24-28(2,3)4/h27,29H,5-26H2,1-4H3. The highest BCUT2D eigenvalue weighted by Crippen LogP contribution is 2.40. The van der Waals surface area contributed by atoms with Crippen LogP contribution in [-0.4, -0.2) is 56.6 Å². The molecule has 0 rings (SSSR count). The van der Waals surface area contributed by atoms with Crippen molar-refractivity contribution < 1.29 is 28.1 Å². The minimum atomic E-state index is -4.37. The highest BCUT2D eigenvalue weighted by atomic mass is 31.2. The zero-order chi connectivity index (χ0) is 25.5. The van der Waals surface area contributed by atoms with Gasteiger partial charge in [-0.2, -0.15) is 0 Å². The van der Waals surface area contributed by atoms with Gasteiger partial charge in [-0.25, -0.2) is 0 Å². The Morgan fingerprint density at radius 3 is 1.47 bits per heavy atom. The van der Waals surface area contributed by atoms with Gasteiger partial charge < -0.3 is 23.5 Å². The Hall–Kier alpha value is 0.0300. The molecule has 0 spiro atoms. The molecule has 0 heterocycles. The topological polar surface area (TPSA) is 78.8 Å². The van der Waals surface area contributed by atoms with Gasteiger partial charge >= 0.3 is 0 Å². The molecule has 0 aliphatic heterocycles. The van der Waals surface area contributed by atoms with Gasteiger partial charge in [-0.3, -0.25) is 4.57 Å². The van der Waals surface area contributed by atoms with Crippen molar-refractivity contribution in [2.75, 3.05) is 40.9 Å². The molecular formula is C27H58NO5P. The van der Waals surface area contributed by atoms with Crippen LogP contribution in [0.4, 0.5) is 0 Å². The Morgan fingerprint density at radius 2 is 1.12 bits per heavy atom. The summed E-state index contributed by atoms with van der Waals surface area (Å²) in [6.07, 6.45) is 23.5. The van der Waals surface area contributed by atoms with Crippen molar-refractivity contribution in [3.05, 3.63) is 0 Å². The van der Waals surface area contributed by atoms with Gasteiger partial charge in [-0.15, -0.1) is 0 Å². The molecule has 0 aliphatic carbocycles. The second-order valence-corrected chi connectivity index (χ2v) is 12.4. The van der Waals surface area contributed by atoms with Gasteiger partial charge in [0.15, 0.2) is 0 Å². The Labute approximate surface area is 212 Å². The molecule has 0 aromatic heterocycles. The summed E-state index contributed by atoms with van der Waals surface area (Å²) in [4.78, 5) is 11.9. The van der Waals surface area contributed by atoms with Gasteiger partial charge in [0.2, 0.25) is 0 Å². The van der Waals surface area contributed by atoms with Gasteiger partial charge in [0.1, 0.15) is 13.2 Å². The van der Waals surface area contributed by atoms with Crippen LogP contribution in [0.25, 0.3) is 0 Å². The molecule has 0 aromatic carbocycles. The van der Waals surface area contributed by atoms with Crippen molar-refractivity contribution in [3.8, 4) is 0 Å². The van der Waals surface area contributed by atoms with Crippen LogP contribution in [0.5, 0.6) is 0 Å². The van der Waals surface area contributed by atoms with Crippen LogP contribution < -0.4 is 4.89 Å². The minimum Gasteiger partial charge on any atom is -0.756 e. The maximum atomic E-state index is 11.9. The van der Waals surface area contributed by atoms with Gasteiger partial charge in [-0.05, 0) is 6.42 Å². The van der Waals surface area contributed by atoms with E-state index in [9.17, 15) is 14.6 Å². The molecule has 0 radical (unpaired) electrons. The van der Waals surface area contributed by atoms with E-state index in [4.69, 9.17) is 9.05 Å². The predicted octanol–water partition coefficient (Wildman–Crippen LogP) is 6.99. The van der Waals surface area contributed by atoms with Crippen molar-refractivity contribution in [1.82, 2.24) is 0 Å². The van der Waals surface area contributed by atoms with E-state index in [0.29, 0.717) is 17.4 Å². The molecule has 206 valence electrons. The number of phosphoric acid groups is 1. The molecule has 34 heavy (non-hydrogen) atoms. The Bertz CT molecular complexity index is 484. The second kappa shape index (κ2) is 22.2. The normalized spacial score (nSPS) is 14.9. The number of hydrogen-bond donors (Lipinski definition) is 1. The molecule has 7 heteroatoms. The average molecular weight is 508 g/mol. The summed E-state index contributed by atoms with van der Waals surface area (Å²) in [5, 5.41) is 9.44. The summed E-state index contributed by atoms with van der Waals surface area (Å²) in [6.45, 7) is 2.63. The zero-order valence-corrected chi connectivity index (χ0v) is 24.0. The van der Waals surface area contributed by atoms with Crippen molar-refractivity contribution in [3.63, 3.8) is 0 Å². The average Bonchev–Trinajstić information content (AvgIpc) is 2.76. The van der Waals surface area contributed by atoms with Crippen LogP contribution in [0.2, 0.25) is 0 Å². The first kappa shape index (κ1) is 34.0.